The van der Waals surface area contributed by atoms with Crippen molar-refractivity contribution in [3.05, 3.63) is 18.0 Å². The molecule has 5 nitrogen and oxygen atoms in total. The average molecular weight is 239 g/mol. The second-order valence-electron chi connectivity index (χ2n) is 4.45. The van der Waals surface area contributed by atoms with Crippen LogP contribution in [0.25, 0.3) is 0 Å². The fourth-order valence-electron chi connectivity index (χ4n) is 2.07. The predicted octanol–water partition coefficient (Wildman–Crippen LogP) is 0.534. The van der Waals surface area contributed by atoms with E-state index in [9.17, 15) is 0 Å². The molecule has 2 N–H and O–H groups in total. The Morgan fingerprint density at radius 1 is 1.53 bits per heavy atom. The largest absolute Gasteiger partial charge is 0.394 e. The Bertz CT molecular complexity index is 321. The Morgan fingerprint density at radius 2 is 2.47 bits per heavy atom. The van der Waals surface area contributed by atoms with E-state index in [4.69, 9.17) is 9.84 Å². The number of hydrogen-bond acceptors (Lipinski definition) is 4. The lowest BCUT2D eigenvalue weighted by Gasteiger charge is -2.22. The van der Waals surface area contributed by atoms with Crippen molar-refractivity contribution in [1.82, 2.24) is 15.1 Å². The average Bonchev–Trinajstić information content (AvgIpc) is 2.79. The summed E-state index contributed by atoms with van der Waals surface area (Å²) in [5, 5.41) is 16.3. The van der Waals surface area contributed by atoms with E-state index in [0.717, 1.165) is 31.7 Å². The van der Waals surface area contributed by atoms with Crippen molar-refractivity contribution >= 4 is 0 Å². The second-order valence-corrected chi connectivity index (χ2v) is 4.45. The van der Waals surface area contributed by atoms with Gasteiger partial charge in [0.15, 0.2) is 0 Å². The molecule has 1 aromatic heterocycles. The lowest BCUT2D eigenvalue weighted by molar-refractivity contribution is 0.0168. The lowest BCUT2D eigenvalue weighted by atomic mass is 10.1. The van der Waals surface area contributed by atoms with Crippen molar-refractivity contribution in [2.45, 2.75) is 38.5 Å². The van der Waals surface area contributed by atoms with Crippen LogP contribution in [0.1, 0.15) is 24.8 Å². The topological polar surface area (TPSA) is 59.3 Å². The molecule has 2 heterocycles. The minimum Gasteiger partial charge on any atom is -0.394 e. The quantitative estimate of drug-likeness (QED) is 0.760. The molecule has 0 saturated carbocycles. The Morgan fingerprint density at radius 3 is 3.24 bits per heavy atom. The Hall–Kier alpha value is -0.910. The molecule has 0 aromatic carbocycles. The highest BCUT2D eigenvalue weighted by atomic mass is 16.5. The van der Waals surface area contributed by atoms with Crippen molar-refractivity contribution in [1.29, 1.82) is 0 Å². The van der Waals surface area contributed by atoms with Gasteiger partial charge in [-0.25, -0.2) is 0 Å². The van der Waals surface area contributed by atoms with Crippen molar-refractivity contribution in [2.24, 2.45) is 0 Å². The van der Waals surface area contributed by atoms with Crippen LogP contribution in [0.5, 0.6) is 0 Å². The summed E-state index contributed by atoms with van der Waals surface area (Å²) in [4.78, 5) is 0. The van der Waals surface area contributed by atoms with Gasteiger partial charge in [-0.2, -0.15) is 5.10 Å². The third-order valence-electron chi connectivity index (χ3n) is 2.99. The Kier molecular flexibility index (Phi) is 4.97. The maximum atomic E-state index is 8.78. The summed E-state index contributed by atoms with van der Waals surface area (Å²) in [7, 11) is 0. The van der Waals surface area contributed by atoms with E-state index in [0.29, 0.717) is 12.6 Å². The molecule has 1 aliphatic heterocycles. The maximum absolute atomic E-state index is 8.78. The van der Waals surface area contributed by atoms with E-state index in [1.165, 1.54) is 12.8 Å². The van der Waals surface area contributed by atoms with E-state index in [-0.39, 0.29) is 6.61 Å². The first-order chi connectivity index (χ1) is 8.38. The fourth-order valence-corrected chi connectivity index (χ4v) is 2.07. The summed E-state index contributed by atoms with van der Waals surface area (Å²) >= 11 is 0. The van der Waals surface area contributed by atoms with Crippen LogP contribution in [-0.2, 0) is 17.8 Å². The molecule has 0 radical (unpaired) electrons. The minimum absolute atomic E-state index is 0.129. The predicted molar refractivity (Wildman–Crippen MR) is 64.6 cm³/mol. The molecule has 5 heteroatoms. The van der Waals surface area contributed by atoms with Crippen LogP contribution in [0.2, 0.25) is 0 Å². The van der Waals surface area contributed by atoms with Gasteiger partial charge < -0.3 is 15.2 Å². The number of ether oxygens (including phenoxy) is 1. The summed E-state index contributed by atoms with van der Waals surface area (Å²) in [5.41, 5.74) is 1.15. The van der Waals surface area contributed by atoms with Crippen molar-refractivity contribution in [2.75, 3.05) is 19.8 Å². The zero-order valence-corrected chi connectivity index (χ0v) is 10.1. The third-order valence-corrected chi connectivity index (χ3v) is 2.99. The van der Waals surface area contributed by atoms with Crippen LogP contribution in [0, 0.1) is 0 Å². The van der Waals surface area contributed by atoms with Gasteiger partial charge in [-0.1, -0.05) is 0 Å². The standard InChI is InChI=1S/C12H21N3O2/c16-5-4-15-10-11(8-14-15)7-13-9-12-3-1-2-6-17-12/h8,10,12-13,16H,1-7,9H2. The van der Waals surface area contributed by atoms with E-state index in [1.807, 2.05) is 12.4 Å². The third kappa shape index (κ3) is 4.11. The first-order valence-corrected chi connectivity index (χ1v) is 6.33. The van der Waals surface area contributed by atoms with Gasteiger partial charge in [0, 0.05) is 31.5 Å². The van der Waals surface area contributed by atoms with Gasteiger partial charge >= 0.3 is 0 Å². The molecular weight excluding hydrogens is 218 g/mol. The van der Waals surface area contributed by atoms with Crippen LogP contribution in [0.4, 0.5) is 0 Å². The smallest absolute Gasteiger partial charge is 0.0699 e. The van der Waals surface area contributed by atoms with Crippen LogP contribution in [0.15, 0.2) is 12.4 Å². The highest BCUT2D eigenvalue weighted by Gasteiger charge is 2.12. The van der Waals surface area contributed by atoms with Crippen LogP contribution in [-0.4, -0.2) is 40.7 Å². The number of aliphatic hydroxyl groups excluding tert-OH is 1. The number of rotatable bonds is 6. The number of nitrogens with one attached hydrogen (secondary N) is 1. The molecule has 2 rings (SSSR count). The molecule has 17 heavy (non-hydrogen) atoms. The fraction of sp³-hybridized carbons (Fsp3) is 0.750. The van der Waals surface area contributed by atoms with Crippen LogP contribution in [0.3, 0.4) is 0 Å². The van der Waals surface area contributed by atoms with Gasteiger partial charge in [0.25, 0.3) is 0 Å². The Labute approximate surface area is 102 Å². The number of nitrogens with zero attached hydrogens (tertiary/aromatic N) is 2. The normalized spacial score (nSPS) is 20.6. The summed E-state index contributed by atoms with van der Waals surface area (Å²) in [5.74, 6) is 0. The monoisotopic (exact) mass is 239 g/mol. The van der Waals surface area contributed by atoms with E-state index >= 15 is 0 Å². The molecule has 0 aliphatic carbocycles. The number of aliphatic hydroxyl groups is 1. The molecule has 0 amide bonds. The van der Waals surface area contributed by atoms with E-state index in [2.05, 4.69) is 10.4 Å². The molecule has 96 valence electrons. The molecular formula is C12H21N3O2. The zero-order chi connectivity index (χ0) is 11.9. The molecule has 1 saturated heterocycles. The molecule has 1 aliphatic rings. The van der Waals surface area contributed by atoms with Gasteiger partial charge in [-0.3, -0.25) is 4.68 Å². The van der Waals surface area contributed by atoms with Crippen LogP contribution < -0.4 is 5.32 Å². The van der Waals surface area contributed by atoms with Crippen molar-refractivity contribution < 1.29 is 9.84 Å². The van der Waals surface area contributed by atoms with Crippen LogP contribution >= 0.6 is 0 Å². The van der Waals surface area contributed by atoms with Gasteiger partial charge in [0.2, 0.25) is 0 Å². The first-order valence-electron chi connectivity index (χ1n) is 6.33. The summed E-state index contributed by atoms with van der Waals surface area (Å²) in [6, 6.07) is 0. The lowest BCUT2D eigenvalue weighted by Crippen LogP contribution is -2.31. The van der Waals surface area contributed by atoms with Gasteiger partial charge in [0.05, 0.1) is 25.5 Å². The Balaban J connectivity index is 1.66. The summed E-state index contributed by atoms with van der Waals surface area (Å²) in [6.45, 7) is 3.31. The molecule has 1 aromatic rings. The molecule has 1 unspecified atom stereocenters. The second kappa shape index (κ2) is 6.74. The summed E-state index contributed by atoms with van der Waals surface area (Å²) in [6.07, 6.45) is 7.81. The van der Waals surface area contributed by atoms with Gasteiger partial charge in [-0.05, 0) is 19.3 Å². The zero-order valence-electron chi connectivity index (χ0n) is 10.1. The van der Waals surface area contributed by atoms with Crippen molar-refractivity contribution in [3.8, 4) is 0 Å². The van der Waals surface area contributed by atoms with E-state index in [1.54, 1.807) is 4.68 Å². The van der Waals surface area contributed by atoms with Gasteiger partial charge in [-0.15, -0.1) is 0 Å². The number of hydrogen-bond donors (Lipinski definition) is 2. The number of aromatic nitrogens is 2. The molecule has 1 atom stereocenters. The van der Waals surface area contributed by atoms with E-state index < -0.39 is 0 Å². The first kappa shape index (κ1) is 12.5. The highest BCUT2D eigenvalue weighted by molar-refractivity contribution is 5.03. The molecule has 0 bridgehead atoms. The molecule has 0 spiro atoms. The highest BCUT2D eigenvalue weighted by Crippen LogP contribution is 2.11. The summed E-state index contributed by atoms with van der Waals surface area (Å²) < 4.78 is 7.40. The SMILES string of the molecule is OCCn1cc(CNCC2CCCCO2)cn1. The maximum Gasteiger partial charge on any atom is 0.0699 e. The minimum atomic E-state index is 0.129. The van der Waals surface area contributed by atoms with Gasteiger partial charge in [0.1, 0.15) is 0 Å². The van der Waals surface area contributed by atoms with Crippen molar-refractivity contribution in [3.63, 3.8) is 0 Å². The molecule has 1 fully saturated rings.